The summed E-state index contributed by atoms with van der Waals surface area (Å²) in [5.74, 6) is 0. The molecule has 2 aromatic rings. The molecule has 7 heteroatoms. The van der Waals surface area contributed by atoms with Crippen molar-refractivity contribution < 1.29 is 26.0 Å². The van der Waals surface area contributed by atoms with E-state index in [9.17, 15) is 26.0 Å². The van der Waals surface area contributed by atoms with E-state index in [-0.39, 0.29) is 4.90 Å². The Hall–Kier alpha value is -1.89. The van der Waals surface area contributed by atoms with Crippen LogP contribution in [-0.2, 0) is 16.0 Å². The van der Waals surface area contributed by atoms with Gasteiger partial charge in [0.25, 0.3) is 0 Å². The summed E-state index contributed by atoms with van der Waals surface area (Å²) >= 11 is 0. The summed E-state index contributed by atoms with van der Waals surface area (Å²) < 4.78 is 76.0. The van der Waals surface area contributed by atoms with Gasteiger partial charge in [-0.3, -0.25) is 0 Å². The quantitative estimate of drug-likeness (QED) is 0.797. The van der Waals surface area contributed by atoms with Crippen LogP contribution >= 0.6 is 0 Å². The average Bonchev–Trinajstić information content (AvgIpc) is 2.46. The number of hydrogen-bond donors (Lipinski definition) is 0. The largest absolute Gasteiger partial charge is 0.416 e. The lowest BCUT2D eigenvalue weighted by Crippen LogP contribution is -2.11. The van der Waals surface area contributed by atoms with Crippen molar-refractivity contribution >= 4 is 9.84 Å². The maximum absolute atomic E-state index is 14.2. The molecule has 0 bridgehead atoms. The number of benzene rings is 2. The fourth-order valence-corrected chi connectivity index (χ4v) is 3.05. The molecule has 2 aromatic carbocycles. The Morgan fingerprint density at radius 2 is 1.52 bits per heavy atom. The van der Waals surface area contributed by atoms with Crippen LogP contribution in [0, 0.1) is 0 Å². The Kier molecular flexibility index (Phi) is 4.04. The van der Waals surface area contributed by atoms with E-state index in [1.165, 1.54) is 24.3 Å². The fourth-order valence-electron chi connectivity index (χ4n) is 1.76. The van der Waals surface area contributed by atoms with Crippen LogP contribution in [-0.4, -0.2) is 8.42 Å². The van der Waals surface area contributed by atoms with Gasteiger partial charge in [-0.15, -0.1) is 0 Å². The molecule has 1 atom stereocenters. The Bertz CT molecular complexity index is 724. The van der Waals surface area contributed by atoms with E-state index in [1.54, 1.807) is 6.07 Å². The second-order valence-electron chi connectivity index (χ2n) is 4.30. The Morgan fingerprint density at radius 3 is 2.10 bits per heavy atom. The second kappa shape index (κ2) is 5.48. The first-order chi connectivity index (χ1) is 9.73. The van der Waals surface area contributed by atoms with Crippen molar-refractivity contribution in [3.05, 3.63) is 65.7 Å². The van der Waals surface area contributed by atoms with E-state index in [4.69, 9.17) is 0 Å². The minimum atomic E-state index is -4.66. The highest BCUT2D eigenvalue weighted by Crippen LogP contribution is 2.34. The van der Waals surface area contributed by atoms with Crippen molar-refractivity contribution in [1.82, 2.24) is 0 Å². The lowest BCUT2D eigenvalue weighted by molar-refractivity contribution is -0.137. The average molecular weight is 318 g/mol. The molecule has 0 fully saturated rings. The standard InChI is InChI=1S/C14H10F4O2S/c15-13(21(19,20)12-7-2-1-3-8-12)10-5-4-6-11(9-10)14(16,17)18/h1-9,13H. The molecule has 0 saturated heterocycles. The van der Waals surface area contributed by atoms with E-state index >= 15 is 0 Å². The van der Waals surface area contributed by atoms with Crippen LogP contribution < -0.4 is 0 Å². The zero-order chi connectivity index (χ0) is 15.7. The summed E-state index contributed by atoms with van der Waals surface area (Å²) in [6.45, 7) is 0. The van der Waals surface area contributed by atoms with Gasteiger partial charge in [0.15, 0.2) is 0 Å². The molecule has 0 aromatic heterocycles. The topological polar surface area (TPSA) is 34.1 Å². The lowest BCUT2D eigenvalue weighted by atomic mass is 10.1. The Morgan fingerprint density at radius 1 is 0.905 bits per heavy atom. The van der Waals surface area contributed by atoms with E-state index in [0.717, 1.165) is 18.2 Å². The van der Waals surface area contributed by atoms with Crippen LogP contribution in [0.25, 0.3) is 0 Å². The molecule has 0 heterocycles. The third-order valence-electron chi connectivity index (χ3n) is 2.82. The summed E-state index contributed by atoms with van der Waals surface area (Å²) in [4.78, 5) is -0.282. The van der Waals surface area contributed by atoms with Gasteiger partial charge in [-0.1, -0.05) is 30.3 Å². The summed E-state index contributed by atoms with van der Waals surface area (Å²) in [5, 5.41) is 0. The number of halogens is 4. The fraction of sp³-hybridized carbons (Fsp3) is 0.143. The zero-order valence-electron chi connectivity index (χ0n) is 10.5. The van der Waals surface area contributed by atoms with Crippen LogP contribution in [0.4, 0.5) is 17.6 Å². The van der Waals surface area contributed by atoms with Crippen molar-refractivity contribution in [2.24, 2.45) is 0 Å². The number of alkyl halides is 4. The highest BCUT2D eigenvalue weighted by Gasteiger charge is 2.34. The van der Waals surface area contributed by atoms with Gasteiger partial charge >= 0.3 is 6.18 Å². The lowest BCUT2D eigenvalue weighted by Gasteiger charge is -2.13. The molecular weight excluding hydrogens is 308 g/mol. The smallest absolute Gasteiger partial charge is 0.224 e. The van der Waals surface area contributed by atoms with Crippen LogP contribution in [0.15, 0.2) is 59.5 Å². The molecule has 112 valence electrons. The highest BCUT2D eigenvalue weighted by molar-refractivity contribution is 7.91. The predicted octanol–water partition coefficient (Wildman–Crippen LogP) is 4.15. The summed E-state index contributed by atoms with van der Waals surface area (Å²) in [6, 6.07) is 10.0. The SMILES string of the molecule is O=S(=O)(c1ccccc1)C(F)c1cccc(C(F)(F)F)c1. The van der Waals surface area contributed by atoms with E-state index in [1.807, 2.05) is 0 Å². The molecule has 2 nitrogen and oxygen atoms in total. The molecule has 0 saturated carbocycles. The van der Waals surface area contributed by atoms with E-state index in [2.05, 4.69) is 0 Å². The number of rotatable bonds is 3. The minimum Gasteiger partial charge on any atom is -0.224 e. The van der Waals surface area contributed by atoms with Crippen LogP contribution in [0.1, 0.15) is 16.6 Å². The normalized spacial score (nSPS) is 13.9. The third-order valence-corrected chi connectivity index (χ3v) is 4.57. The monoisotopic (exact) mass is 318 g/mol. The molecule has 0 aliphatic heterocycles. The Labute approximate surface area is 119 Å². The first-order valence-corrected chi connectivity index (χ1v) is 7.38. The number of hydrogen-bond acceptors (Lipinski definition) is 2. The molecule has 2 rings (SSSR count). The van der Waals surface area contributed by atoms with Crippen molar-refractivity contribution in [2.75, 3.05) is 0 Å². The Balaban J connectivity index is 2.43. The summed E-state index contributed by atoms with van der Waals surface area (Å²) in [5.41, 5.74) is -4.19. The van der Waals surface area contributed by atoms with Crippen molar-refractivity contribution in [1.29, 1.82) is 0 Å². The molecular formula is C14H10F4O2S. The first-order valence-electron chi connectivity index (χ1n) is 5.83. The van der Waals surface area contributed by atoms with Gasteiger partial charge in [0, 0.05) is 5.56 Å². The molecule has 21 heavy (non-hydrogen) atoms. The number of sulfone groups is 1. The molecule has 1 unspecified atom stereocenters. The molecule has 0 N–H and O–H groups in total. The molecule has 0 aliphatic rings. The van der Waals surface area contributed by atoms with Gasteiger partial charge in [0.2, 0.25) is 15.3 Å². The molecule has 0 aliphatic carbocycles. The summed E-state index contributed by atoms with van der Waals surface area (Å²) in [6.07, 6.45) is -4.66. The maximum Gasteiger partial charge on any atom is 0.416 e. The second-order valence-corrected chi connectivity index (χ2v) is 6.27. The van der Waals surface area contributed by atoms with Crippen LogP contribution in [0.2, 0.25) is 0 Å². The minimum absolute atomic E-state index is 0.282. The third kappa shape index (κ3) is 3.24. The molecule has 0 radical (unpaired) electrons. The van der Waals surface area contributed by atoms with Gasteiger partial charge in [0.05, 0.1) is 10.5 Å². The van der Waals surface area contributed by atoms with Gasteiger partial charge in [0.1, 0.15) is 0 Å². The van der Waals surface area contributed by atoms with Crippen molar-refractivity contribution in [3.8, 4) is 0 Å². The zero-order valence-corrected chi connectivity index (χ0v) is 11.3. The van der Waals surface area contributed by atoms with E-state index < -0.39 is 32.6 Å². The van der Waals surface area contributed by atoms with Crippen molar-refractivity contribution in [3.63, 3.8) is 0 Å². The van der Waals surface area contributed by atoms with Gasteiger partial charge in [-0.25, -0.2) is 12.8 Å². The van der Waals surface area contributed by atoms with Gasteiger partial charge < -0.3 is 0 Å². The van der Waals surface area contributed by atoms with Crippen LogP contribution in [0.5, 0.6) is 0 Å². The predicted molar refractivity (Wildman–Crippen MR) is 68.9 cm³/mol. The maximum atomic E-state index is 14.2. The van der Waals surface area contributed by atoms with Crippen LogP contribution in [0.3, 0.4) is 0 Å². The molecule has 0 amide bonds. The first kappa shape index (κ1) is 15.5. The van der Waals surface area contributed by atoms with E-state index in [0.29, 0.717) is 6.07 Å². The highest BCUT2D eigenvalue weighted by atomic mass is 32.2. The van der Waals surface area contributed by atoms with Gasteiger partial charge in [-0.2, -0.15) is 13.2 Å². The molecule has 0 spiro atoms. The summed E-state index contributed by atoms with van der Waals surface area (Å²) in [7, 11) is -4.39. The van der Waals surface area contributed by atoms with Gasteiger partial charge in [-0.05, 0) is 24.3 Å². The van der Waals surface area contributed by atoms with Crippen molar-refractivity contribution in [2.45, 2.75) is 16.6 Å².